The maximum Gasteiger partial charge on any atom is 0.0777 e. The average Bonchev–Trinajstić information content (AvgIpc) is 2.58. The molecule has 5 atom stereocenters. The van der Waals surface area contributed by atoms with Crippen LogP contribution in [0.25, 0.3) is 0 Å². The fourth-order valence-corrected chi connectivity index (χ4v) is 5.72. The third-order valence-electron chi connectivity index (χ3n) is 7.22. The Morgan fingerprint density at radius 3 is 2.58 bits per heavy atom. The van der Waals surface area contributed by atoms with Crippen LogP contribution in [0.2, 0.25) is 0 Å². The van der Waals surface area contributed by atoms with Gasteiger partial charge in [0.1, 0.15) is 0 Å². The summed E-state index contributed by atoms with van der Waals surface area (Å²) in [6.07, 6.45) is 9.63. The van der Waals surface area contributed by atoms with Gasteiger partial charge in [0.25, 0.3) is 0 Å². The van der Waals surface area contributed by atoms with Crippen LogP contribution < -0.4 is 0 Å². The Labute approximate surface area is 119 Å². The highest BCUT2D eigenvalue weighted by Crippen LogP contribution is 2.66. The lowest BCUT2D eigenvalue weighted by molar-refractivity contribution is -0.206. The number of rotatable bonds is 2. The van der Waals surface area contributed by atoms with Gasteiger partial charge in [-0.1, -0.05) is 33.6 Å². The smallest absolute Gasteiger partial charge is 0.0777 e. The number of fused-ring (bicyclic) bond motifs is 1. The quantitative estimate of drug-likeness (QED) is 0.667. The maximum atomic E-state index is 6.90. The summed E-state index contributed by atoms with van der Waals surface area (Å²) in [5.41, 5.74) is 0.761. The molecule has 1 nitrogen and oxygen atoms in total. The first-order valence-electron chi connectivity index (χ1n) is 8.55. The van der Waals surface area contributed by atoms with Gasteiger partial charge in [-0.05, 0) is 69.1 Å². The Hall–Kier alpha value is -0.0400. The molecule has 2 aliphatic carbocycles. The van der Waals surface area contributed by atoms with Crippen molar-refractivity contribution in [3.63, 3.8) is 0 Å². The zero-order valence-electron chi connectivity index (χ0n) is 13.6. The standard InChI is InChI=1S/C18H32O/c1-6-13(2)15-8-7-10-17(5)11-9-14-12-18(15,17)19-16(14,3)4/h13-15H,6-12H2,1-5H3/t13?,14-,15-,17+,18+/m1/s1. The van der Waals surface area contributed by atoms with Crippen LogP contribution in [0.4, 0.5) is 0 Å². The molecule has 3 fully saturated rings. The Kier molecular flexibility index (Phi) is 3.10. The molecule has 1 unspecified atom stereocenters. The molecule has 19 heavy (non-hydrogen) atoms. The summed E-state index contributed by atoms with van der Waals surface area (Å²) in [7, 11) is 0. The van der Waals surface area contributed by atoms with Gasteiger partial charge in [0.2, 0.25) is 0 Å². The molecule has 1 spiro atoms. The summed E-state index contributed by atoms with van der Waals surface area (Å²) in [4.78, 5) is 0. The lowest BCUT2D eigenvalue weighted by atomic mass is 9.50. The molecule has 3 aliphatic rings. The van der Waals surface area contributed by atoms with Crippen molar-refractivity contribution in [2.75, 3.05) is 0 Å². The lowest BCUT2D eigenvalue weighted by Gasteiger charge is -2.57. The van der Waals surface area contributed by atoms with E-state index >= 15 is 0 Å². The molecule has 1 saturated heterocycles. The maximum absolute atomic E-state index is 6.90. The van der Waals surface area contributed by atoms with Crippen LogP contribution >= 0.6 is 0 Å². The van der Waals surface area contributed by atoms with Crippen LogP contribution in [-0.2, 0) is 4.74 Å². The second-order valence-corrected chi connectivity index (χ2v) is 8.48. The van der Waals surface area contributed by atoms with Gasteiger partial charge in [-0.25, -0.2) is 0 Å². The van der Waals surface area contributed by atoms with Crippen molar-refractivity contribution in [3.8, 4) is 0 Å². The first kappa shape index (κ1) is 13.9. The van der Waals surface area contributed by atoms with E-state index in [4.69, 9.17) is 4.74 Å². The molecule has 1 heteroatoms. The molecule has 0 amide bonds. The van der Waals surface area contributed by atoms with Gasteiger partial charge in [0, 0.05) is 0 Å². The Morgan fingerprint density at radius 2 is 1.89 bits per heavy atom. The summed E-state index contributed by atoms with van der Waals surface area (Å²) in [6, 6.07) is 0. The molecular weight excluding hydrogens is 232 g/mol. The summed E-state index contributed by atoms with van der Waals surface area (Å²) >= 11 is 0. The van der Waals surface area contributed by atoms with Gasteiger partial charge in [0.15, 0.2) is 0 Å². The van der Waals surface area contributed by atoms with Crippen LogP contribution in [0.3, 0.4) is 0 Å². The van der Waals surface area contributed by atoms with Crippen LogP contribution in [-0.4, -0.2) is 11.2 Å². The monoisotopic (exact) mass is 264 g/mol. The summed E-state index contributed by atoms with van der Waals surface area (Å²) in [5.74, 6) is 2.40. The third kappa shape index (κ3) is 1.76. The van der Waals surface area contributed by atoms with Gasteiger partial charge in [-0.2, -0.15) is 0 Å². The average molecular weight is 264 g/mol. The molecule has 2 bridgehead atoms. The first-order chi connectivity index (χ1) is 8.85. The minimum atomic E-state index is 0.112. The highest BCUT2D eigenvalue weighted by atomic mass is 16.5. The second-order valence-electron chi connectivity index (χ2n) is 8.48. The van der Waals surface area contributed by atoms with E-state index in [1.807, 2.05) is 0 Å². The van der Waals surface area contributed by atoms with Crippen molar-refractivity contribution >= 4 is 0 Å². The number of hydrogen-bond acceptors (Lipinski definition) is 1. The molecule has 1 heterocycles. The van der Waals surface area contributed by atoms with E-state index < -0.39 is 0 Å². The zero-order valence-corrected chi connectivity index (χ0v) is 13.6. The van der Waals surface area contributed by atoms with Crippen molar-refractivity contribution in [2.24, 2.45) is 23.2 Å². The van der Waals surface area contributed by atoms with E-state index in [1.54, 1.807) is 0 Å². The molecule has 0 aromatic carbocycles. The van der Waals surface area contributed by atoms with E-state index in [0.29, 0.717) is 5.41 Å². The lowest BCUT2D eigenvalue weighted by Crippen LogP contribution is -2.57. The normalized spacial score (nSPS) is 49.7. The fourth-order valence-electron chi connectivity index (χ4n) is 5.72. The third-order valence-corrected chi connectivity index (χ3v) is 7.22. The van der Waals surface area contributed by atoms with Gasteiger partial charge in [-0.15, -0.1) is 0 Å². The predicted molar refractivity (Wildman–Crippen MR) is 80.1 cm³/mol. The van der Waals surface area contributed by atoms with E-state index in [2.05, 4.69) is 34.6 Å². The van der Waals surface area contributed by atoms with Crippen LogP contribution in [0.1, 0.15) is 79.6 Å². The van der Waals surface area contributed by atoms with E-state index in [0.717, 1.165) is 17.8 Å². The Balaban J connectivity index is 2.02. The van der Waals surface area contributed by atoms with Gasteiger partial charge >= 0.3 is 0 Å². The molecule has 3 rings (SSSR count). The zero-order chi connectivity index (χ0) is 13.9. The van der Waals surface area contributed by atoms with Crippen molar-refractivity contribution < 1.29 is 4.74 Å². The number of ether oxygens (including phenoxy) is 1. The molecule has 0 aromatic heterocycles. The second kappa shape index (κ2) is 4.23. The highest BCUT2D eigenvalue weighted by Gasteiger charge is 2.66. The molecule has 0 N–H and O–H groups in total. The molecule has 1 aliphatic heterocycles. The molecule has 2 saturated carbocycles. The summed E-state index contributed by atoms with van der Waals surface area (Å²) < 4.78 is 6.90. The molecule has 110 valence electrons. The summed E-state index contributed by atoms with van der Waals surface area (Å²) in [6.45, 7) is 12.1. The molecule has 0 aromatic rings. The topological polar surface area (TPSA) is 9.23 Å². The van der Waals surface area contributed by atoms with Gasteiger partial charge in [-0.3, -0.25) is 0 Å². The SMILES string of the molecule is CCC(C)[C@H]1CCC[C@@]2(C)CC[C@@H]3C[C@]12OC3(C)C. The first-order valence-corrected chi connectivity index (χ1v) is 8.55. The van der Waals surface area contributed by atoms with Crippen molar-refractivity contribution in [1.82, 2.24) is 0 Å². The Bertz CT molecular complexity index is 361. The van der Waals surface area contributed by atoms with E-state index in [9.17, 15) is 0 Å². The number of hydrogen-bond donors (Lipinski definition) is 0. The van der Waals surface area contributed by atoms with E-state index in [-0.39, 0.29) is 11.2 Å². The van der Waals surface area contributed by atoms with Crippen LogP contribution in [0, 0.1) is 23.2 Å². The Morgan fingerprint density at radius 1 is 1.16 bits per heavy atom. The largest absolute Gasteiger partial charge is 0.368 e. The van der Waals surface area contributed by atoms with Crippen molar-refractivity contribution in [3.05, 3.63) is 0 Å². The minimum Gasteiger partial charge on any atom is -0.368 e. The van der Waals surface area contributed by atoms with E-state index in [1.165, 1.54) is 44.9 Å². The van der Waals surface area contributed by atoms with Gasteiger partial charge in [0.05, 0.1) is 11.2 Å². The molecular formula is C18H32O. The van der Waals surface area contributed by atoms with Crippen LogP contribution in [0.5, 0.6) is 0 Å². The fraction of sp³-hybridized carbons (Fsp3) is 1.00. The predicted octanol–water partition coefficient (Wildman–Crippen LogP) is 5.19. The minimum absolute atomic E-state index is 0.112. The van der Waals surface area contributed by atoms with Crippen LogP contribution in [0.15, 0.2) is 0 Å². The van der Waals surface area contributed by atoms with Crippen molar-refractivity contribution in [1.29, 1.82) is 0 Å². The molecule has 0 radical (unpaired) electrons. The van der Waals surface area contributed by atoms with Gasteiger partial charge < -0.3 is 4.74 Å². The van der Waals surface area contributed by atoms with Crippen molar-refractivity contribution in [2.45, 2.75) is 90.8 Å². The highest BCUT2D eigenvalue weighted by molar-refractivity contribution is 5.15. The summed E-state index contributed by atoms with van der Waals surface area (Å²) in [5, 5.41) is 0.